The van der Waals surface area contributed by atoms with Crippen LogP contribution in [0.1, 0.15) is 232 Å². The lowest BCUT2D eigenvalue weighted by Gasteiger charge is -2.19. The molecular formula is C65H108NO8P. The predicted octanol–water partition coefficient (Wildman–Crippen LogP) is 19.0. The largest absolute Gasteiger partial charge is 0.472 e. The maximum absolute atomic E-state index is 12.7. The first-order valence-corrected chi connectivity index (χ1v) is 31.2. The van der Waals surface area contributed by atoms with Gasteiger partial charge in [0.1, 0.15) is 6.61 Å². The quantitative estimate of drug-likeness (QED) is 0.0264. The highest BCUT2D eigenvalue weighted by molar-refractivity contribution is 7.47. The van der Waals surface area contributed by atoms with Gasteiger partial charge in [-0.05, 0) is 109 Å². The van der Waals surface area contributed by atoms with Crippen molar-refractivity contribution in [3.05, 3.63) is 134 Å². The maximum Gasteiger partial charge on any atom is 0.472 e. The van der Waals surface area contributed by atoms with Gasteiger partial charge in [0, 0.05) is 19.4 Å². The number of esters is 2. The van der Waals surface area contributed by atoms with Gasteiger partial charge in [-0.2, -0.15) is 0 Å². The van der Waals surface area contributed by atoms with E-state index < -0.39 is 32.5 Å². The van der Waals surface area contributed by atoms with Gasteiger partial charge < -0.3 is 20.1 Å². The number of nitrogens with two attached hydrogens (primary N) is 1. The summed E-state index contributed by atoms with van der Waals surface area (Å²) in [6, 6.07) is 0. The monoisotopic (exact) mass is 1060 g/mol. The van der Waals surface area contributed by atoms with Gasteiger partial charge in [-0.1, -0.05) is 244 Å². The minimum atomic E-state index is -4.39. The van der Waals surface area contributed by atoms with Crippen molar-refractivity contribution in [3.8, 4) is 0 Å². The molecule has 0 aromatic heterocycles. The van der Waals surface area contributed by atoms with E-state index in [2.05, 4.69) is 148 Å². The highest BCUT2D eigenvalue weighted by Gasteiger charge is 2.26. The van der Waals surface area contributed by atoms with Crippen molar-refractivity contribution in [2.24, 2.45) is 5.73 Å². The molecule has 0 spiro atoms. The number of carbonyl (C=O) groups excluding carboxylic acids is 2. The summed E-state index contributed by atoms with van der Waals surface area (Å²) < 4.78 is 32.9. The number of ether oxygens (including phenoxy) is 2. The molecule has 2 atom stereocenters. The second-order valence-corrected chi connectivity index (χ2v) is 20.6. The number of unbranched alkanes of at least 4 members (excludes halogenated alkanes) is 19. The Morgan fingerprint density at radius 1 is 0.413 bits per heavy atom. The molecule has 0 aliphatic rings. The fourth-order valence-electron chi connectivity index (χ4n) is 7.67. The number of hydrogen-bond acceptors (Lipinski definition) is 8. The summed E-state index contributed by atoms with van der Waals surface area (Å²) >= 11 is 0. The minimum absolute atomic E-state index is 0.0460. The number of hydrogen-bond donors (Lipinski definition) is 2. The van der Waals surface area contributed by atoms with Crippen molar-refractivity contribution in [2.75, 3.05) is 26.4 Å². The molecule has 0 aliphatic carbocycles. The first-order valence-electron chi connectivity index (χ1n) is 29.7. The molecule has 2 unspecified atom stereocenters. The summed E-state index contributed by atoms with van der Waals surface area (Å²) in [5.74, 6) is -0.852. The Labute approximate surface area is 459 Å². The zero-order valence-electron chi connectivity index (χ0n) is 47.5. The van der Waals surface area contributed by atoms with Crippen LogP contribution in [0.2, 0.25) is 0 Å². The van der Waals surface area contributed by atoms with Crippen LogP contribution in [0.25, 0.3) is 0 Å². The van der Waals surface area contributed by atoms with Gasteiger partial charge in [-0.15, -0.1) is 0 Å². The van der Waals surface area contributed by atoms with Crippen LogP contribution in [0, 0.1) is 0 Å². The summed E-state index contributed by atoms with van der Waals surface area (Å²) in [5.41, 5.74) is 5.37. The van der Waals surface area contributed by atoms with Gasteiger partial charge >= 0.3 is 19.8 Å². The normalized spacial score (nSPS) is 14.0. The first-order chi connectivity index (χ1) is 36.8. The molecule has 9 nitrogen and oxygen atoms in total. The number of rotatable bonds is 54. The SMILES string of the molecule is CC/C=C\C/C=C\C/C=C\C/C=C\C/C=C\C/C=C\C/C=C\C/C=C\C/C=C\CCCCCCCCCCCCCCCC(=O)OC(COC(=O)CCCCCCC/C=C\C/C=C\CCC)COP(=O)(O)OCCN. The number of phosphoric ester groups is 1. The van der Waals surface area contributed by atoms with E-state index in [9.17, 15) is 19.0 Å². The third-order valence-electron chi connectivity index (χ3n) is 12.0. The fraction of sp³-hybridized carbons (Fsp3) is 0.631. The molecular weight excluding hydrogens is 954 g/mol. The molecule has 0 bridgehead atoms. The van der Waals surface area contributed by atoms with E-state index in [-0.39, 0.29) is 32.6 Å². The van der Waals surface area contributed by atoms with Crippen LogP contribution in [0.3, 0.4) is 0 Å². The van der Waals surface area contributed by atoms with Gasteiger partial charge in [-0.25, -0.2) is 4.57 Å². The number of phosphoric acid groups is 1. The molecule has 75 heavy (non-hydrogen) atoms. The van der Waals surface area contributed by atoms with E-state index in [1.54, 1.807) is 0 Å². The molecule has 0 saturated heterocycles. The molecule has 426 valence electrons. The zero-order chi connectivity index (χ0) is 54.5. The van der Waals surface area contributed by atoms with Gasteiger partial charge in [-0.3, -0.25) is 18.6 Å². The fourth-order valence-corrected chi connectivity index (χ4v) is 8.43. The average Bonchev–Trinajstić information content (AvgIpc) is 3.40. The average molecular weight is 1060 g/mol. The van der Waals surface area contributed by atoms with Crippen molar-refractivity contribution < 1.29 is 37.6 Å². The molecule has 0 saturated carbocycles. The first kappa shape index (κ1) is 71.2. The van der Waals surface area contributed by atoms with Gasteiger partial charge in [0.05, 0.1) is 13.2 Å². The number of allylic oxidation sites excluding steroid dienone is 22. The van der Waals surface area contributed by atoms with Crippen LogP contribution in [0.4, 0.5) is 0 Å². The Kier molecular flexibility index (Phi) is 56.3. The van der Waals surface area contributed by atoms with Crippen LogP contribution in [0.15, 0.2) is 134 Å². The molecule has 3 N–H and O–H groups in total. The van der Waals surface area contributed by atoms with Crippen molar-refractivity contribution in [1.82, 2.24) is 0 Å². The van der Waals surface area contributed by atoms with E-state index in [4.69, 9.17) is 24.3 Å². The van der Waals surface area contributed by atoms with Gasteiger partial charge in [0.2, 0.25) is 0 Å². The predicted molar refractivity (Wildman–Crippen MR) is 320 cm³/mol. The van der Waals surface area contributed by atoms with Crippen LogP contribution >= 0.6 is 7.82 Å². The molecule has 0 fully saturated rings. The van der Waals surface area contributed by atoms with Crippen molar-refractivity contribution >= 4 is 19.8 Å². The Morgan fingerprint density at radius 3 is 1.09 bits per heavy atom. The van der Waals surface area contributed by atoms with Crippen molar-refractivity contribution in [1.29, 1.82) is 0 Å². The van der Waals surface area contributed by atoms with Crippen molar-refractivity contribution in [3.63, 3.8) is 0 Å². The van der Waals surface area contributed by atoms with E-state index in [1.165, 1.54) is 70.6 Å². The molecule has 0 heterocycles. The standard InChI is InChI=1S/C65H108NO8P/c1-3-5-7-9-11-13-15-17-18-19-20-21-22-23-24-25-26-27-28-29-30-31-32-33-34-35-36-37-38-39-40-41-42-43-44-46-48-50-52-54-56-58-65(68)74-63(62-73-75(69,70)72-60-59-66)61-71-64(67)57-55-53-51-49-47-45-16-14-12-10-8-6-4-2/h5,7-8,10-11,13-14,16-18,20-21,23-24,26-27,29-30,32-33,35-36,63H,3-4,6,9,12,15,19,22,25,28,31,34,37-62,66H2,1-2H3,(H,69,70)/b7-5-,10-8-,13-11-,16-14-,18-17-,21-20-,24-23-,27-26-,30-29-,33-32-,36-35-. The lowest BCUT2D eigenvalue weighted by Crippen LogP contribution is -2.29. The third-order valence-corrected chi connectivity index (χ3v) is 13.0. The molecule has 0 aromatic rings. The second-order valence-electron chi connectivity index (χ2n) is 19.1. The molecule has 0 amide bonds. The summed E-state index contributed by atoms with van der Waals surface area (Å²) in [4.78, 5) is 35.1. The van der Waals surface area contributed by atoms with Crippen LogP contribution < -0.4 is 5.73 Å². The molecule has 0 aliphatic heterocycles. The van der Waals surface area contributed by atoms with Crippen LogP contribution in [-0.2, 0) is 32.7 Å². The molecule has 10 heteroatoms. The zero-order valence-corrected chi connectivity index (χ0v) is 48.4. The second kappa shape index (κ2) is 59.4. The summed E-state index contributed by atoms with van der Waals surface area (Å²) in [5, 5.41) is 0. The summed E-state index contributed by atoms with van der Waals surface area (Å²) in [7, 11) is -4.39. The smallest absolute Gasteiger partial charge is 0.462 e. The highest BCUT2D eigenvalue weighted by Crippen LogP contribution is 2.43. The van der Waals surface area contributed by atoms with Gasteiger partial charge in [0.25, 0.3) is 0 Å². The van der Waals surface area contributed by atoms with Gasteiger partial charge in [0.15, 0.2) is 6.10 Å². The molecule has 0 radical (unpaired) electrons. The van der Waals surface area contributed by atoms with E-state index in [1.807, 2.05) is 0 Å². The Bertz CT molecular complexity index is 1680. The Morgan fingerprint density at radius 2 is 0.733 bits per heavy atom. The molecule has 0 rings (SSSR count). The van der Waals surface area contributed by atoms with Crippen LogP contribution in [-0.4, -0.2) is 49.3 Å². The minimum Gasteiger partial charge on any atom is -0.462 e. The third kappa shape index (κ3) is 59.3. The lowest BCUT2D eigenvalue weighted by molar-refractivity contribution is -0.161. The molecule has 0 aromatic carbocycles. The van der Waals surface area contributed by atoms with E-state index >= 15 is 0 Å². The van der Waals surface area contributed by atoms with Crippen molar-refractivity contribution in [2.45, 2.75) is 238 Å². The highest BCUT2D eigenvalue weighted by atomic mass is 31.2. The van der Waals surface area contributed by atoms with E-state index in [0.717, 1.165) is 122 Å². The van der Waals surface area contributed by atoms with E-state index in [0.29, 0.717) is 12.8 Å². The Hall–Kier alpha value is -3.85. The summed E-state index contributed by atoms with van der Waals surface area (Å²) in [6.07, 6.45) is 83.8. The summed E-state index contributed by atoms with van der Waals surface area (Å²) in [6.45, 7) is 3.53. The van der Waals surface area contributed by atoms with Crippen LogP contribution in [0.5, 0.6) is 0 Å². The Balaban J connectivity index is 3.90. The maximum atomic E-state index is 12.7. The lowest BCUT2D eigenvalue weighted by atomic mass is 10.0. The topological polar surface area (TPSA) is 134 Å². The number of carbonyl (C=O) groups is 2.